The van der Waals surface area contributed by atoms with Crippen molar-refractivity contribution in [3.8, 4) is 0 Å². The molecule has 0 spiro atoms. The lowest BCUT2D eigenvalue weighted by atomic mass is 10.1. The molecule has 0 aliphatic carbocycles. The number of carbonyl (C=O) groups excluding carboxylic acids is 1. The van der Waals surface area contributed by atoms with Crippen LogP contribution in [0.25, 0.3) is 0 Å². The maximum atomic E-state index is 11.1. The van der Waals surface area contributed by atoms with Crippen LogP contribution in [-0.2, 0) is 4.79 Å². The first-order valence-corrected chi connectivity index (χ1v) is 7.57. The minimum atomic E-state index is 0.222. The fraction of sp³-hybridized carbons (Fsp3) is 0.933. The Bertz CT molecular complexity index is 209. The Morgan fingerprint density at radius 1 is 1.06 bits per heavy atom. The van der Waals surface area contributed by atoms with E-state index in [9.17, 15) is 4.79 Å². The van der Waals surface area contributed by atoms with Crippen molar-refractivity contribution in [1.82, 2.24) is 9.80 Å². The molecule has 1 fully saturated rings. The van der Waals surface area contributed by atoms with Crippen LogP contribution in [0.3, 0.4) is 0 Å². The topological polar surface area (TPSA) is 23.6 Å². The number of unbranched alkanes of at least 4 members (excludes halogenated alkanes) is 1. The van der Waals surface area contributed by atoms with Gasteiger partial charge in [-0.1, -0.05) is 40.5 Å². The molecule has 18 heavy (non-hydrogen) atoms. The summed E-state index contributed by atoms with van der Waals surface area (Å²) in [6, 6.07) is 0. The van der Waals surface area contributed by atoms with Crippen LogP contribution in [0.1, 0.15) is 53.9 Å². The van der Waals surface area contributed by atoms with Crippen LogP contribution in [0.5, 0.6) is 0 Å². The summed E-state index contributed by atoms with van der Waals surface area (Å²) in [6.07, 6.45) is 3.98. The van der Waals surface area contributed by atoms with E-state index in [4.69, 9.17) is 0 Å². The third-order valence-corrected chi connectivity index (χ3v) is 3.32. The van der Waals surface area contributed by atoms with Gasteiger partial charge in [-0.15, -0.1) is 0 Å². The summed E-state index contributed by atoms with van der Waals surface area (Å²) in [5.41, 5.74) is 0. The predicted molar refractivity (Wildman–Crippen MR) is 78.7 cm³/mol. The molecule has 1 saturated heterocycles. The summed E-state index contributed by atoms with van der Waals surface area (Å²) in [4.78, 5) is 15.6. The molecular weight excluding hydrogens is 224 g/mol. The number of hydrogen-bond donors (Lipinski definition) is 0. The lowest BCUT2D eigenvalue weighted by Gasteiger charge is -2.34. The molecule has 3 nitrogen and oxygen atoms in total. The highest BCUT2D eigenvalue weighted by atomic mass is 16.2. The normalized spacial score (nSPS) is 16.4. The number of rotatable bonds is 5. The van der Waals surface area contributed by atoms with E-state index in [-0.39, 0.29) is 5.91 Å². The van der Waals surface area contributed by atoms with E-state index in [1.165, 1.54) is 25.8 Å². The minimum absolute atomic E-state index is 0.222. The van der Waals surface area contributed by atoms with Crippen molar-refractivity contribution < 1.29 is 4.79 Å². The maximum absolute atomic E-state index is 11.1. The van der Waals surface area contributed by atoms with E-state index < -0.39 is 0 Å². The molecule has 108 valence electrons. The van der Waals surface area contributed by atoms with Gasteiger partial charge >= 0.3 is 0 Å². The molecule has 0 radical (unpaired) electrons. The minimum Gasteiger partial charge on any atom is -0.340 e. The zero-order valence-corrected chi connectivity index (χ0v) is 13.0. The summed E-state index contributed by atoms with van der Waals surface area (Å²) in [6.45, 7) is 15.4. The van der Waals surface area contributed by atoms with Crippen LogP contribution >= 0.6 is 0 Å². The van der Waals surface area contributed by atoms with Gasteiger partial charge in [-0.3, -0.25) is 9.69 Å². The van der Waals surface area contributed by atoms with E-state index in [0.29, 0.717) is 0 Å². The average molecular weight is 256 g/mol. The van der Waals surface area contributed by atoms with Crippen LogP contribution in [0, 0.1) is 5.92 Å². The van der Waals surface area contributed by atoms with Gasteiger partial charge in [0.1, 0.15) is 0 Å². The quantitative estimate of drug-likeness (QED) is 0.706. The molecule has 0 aromatic carbocycles. The monoisotopic (exact) mass is 256 g/mol. The van der Waals surface area contributed by atoms with Crippen LogP contribution in [-0.4, -0.2) is 48.4 Å². The van der Waals surface area contributed by atoms with Gasteiger partial charge in [0.15, 0.2) is 0 Å². The Morgan fingerprint density at radius 3 is 2.06 bits per heavy atom. The van der Waals surface area contributed by atoms with E-state index in [0.717, 1.165) is 32.1 Å². The van der Waals surface area contributed by atoms with Gasteiger partial charge in [0, 0.05) is 33.1 Å². The largest absolute Gasteiger partial charge is 0.340 e. The van der Waals surface area contributed by atoms with E-state index in [1.807, 2.05) is 18.7 Å². The van der Waals surface area contributed by atoms with Gasteiger partial charge in [-0.2, -0.15) is 0 Å². The molecule has 1 aliphatic rings. The van der Waals surface area contributed by atoms with Crippen molar-refractivity contribution in [2.45, 2.75) is 53.9 Å². The first-order valence-electron chi connectivity index (χ1n) is 7.57. The molecule has 0 atom stereocenters. The molecule has 1 heterocycles. The van der Waals surface area contributed by atoms with Crippen LogP contribution in [0.2, 0.25) is 0 Å². The van der Waals surface area contributed by atoms with Crippen molar-refractivity contribution >= 4 is 5.91 Å². The molecule has 0 aromatic rings. The third-order valence-electron chi connectivity index (χ3n) is 3.32. The standard InChI is InChI=1S/C13H26N2O.C2H6/c1-12(2)6-4-5-7-14-8-10-15(11-9-14)13(3)16;1-2/h12H,4-11H2,1-3H3;1-2H3. The zero-order chi connectivity index (χ0) is 14.0. The van der Waals surface area contributed by atoms with E-state index in [2.05, 4.69) is 18.7 Å². The molecule has 3 heteroatoms. The number of nitrogens with zero attached hydrogens (tertiary/aromatic N) is 2. The molecule has 1 amide bonds. The van der Waals surface area contributed by atoms with Gasteiger partial charge in [0.05, 0.1) is 0 Å². The number of piperazine rings is 1. The summed E-state index contributed by atoms with van der Waals surface area (Å²) in [7, 11) is 0. The molecule has 1 aliphatic heterocycles. The number of carbonyl (C=O) groups is 1. The SMILES string of the molecule is CC.CC(=O)N1CCN(CCCCC(C)C)CC1. The second-order valence-electron chi connectivity index (χ2n) is 5.24. The second kappa shape index (κ2) is 10.4. The lowest BCUT2D eigenvalue weighted by Crippen LogP contribution is -2.48. The van der Waals surface area contributed by atoms with Crippen LogP contribution in [0.4, 0.5) is 0 Å². The number of amides is 1. The summed E-state index contributed by atoms with van der Waals surface area (Å²) in [5, 5.41) is 0. The molecular formula is C15H32N2O. The zero-order valence-electron chi connectivity index (χ0n) is 13.0. The fourth-order valence-electron chi connectivity index (χ4n) is 2.17. The predicted octanol–water partition coefficient (Wildman–Crippen LogP) is 3.00. The van der Waals surface area contributed by atoms with Crippen molar-refractivity contribution in [1.29, 1.82) is 0 Å². The summed E-state index contributed by atoms with van der Waals surface area (Å²) in [5.74, 6) is 1.05. The summed E-state index contributed by atoms with van der Waals surface area (Å²) < 4.78 is 0. The Kier molecular flexibility index (Phi) is 10.0. The van der Waals surface area contributed by atoms with Crippen molar-refractivity contribution in [2.75, 3.05) is 32.7 Å². The average Bonchev–Trinajstić information content (AvgIpc) is 2.37. The second-order valence-corrected chi connectivity index (χ2v) is 5.24. The third kappa shape index (κ3) is 7.70. The van der Waals surface area contributed by atoms with Crippen molar-refractivity contribution in [3.63, 3.8) is 0 Å². The Labute approximate surface area is 114 Å². The van der Waals surface area contributed by atoms with Crippen LogP contribution in [0.15, 0.2) is 0 Å². The Balaban J connectivity index is 0.00000137. The molecule has 0 N–H and O–H groups in total. The highest BCUT2D eigenvalue weighted by Crippen LogP contribution is 2.08. The smallest absolute Gasteiger partial charge is 0.219 e. The molecule has 0 unspecified atom stereocenters. The number of hydrogen-bond acceptors (Lipinski definition) is 2. The molecule has 0 saturated carbocycles. The molecule has 0 bridgehead atoms. The van der Waals surface area contributed by atoms with Crippen molar-refractivity contribution in [2.24, 2.45) is 5.92 Å². The fourth-order valence-corrected chi connectivity index (χ4v) is 2.17. The highest BCUT2D eigenvalue weighted by Gasteiger charge is 2.17. The Hall–Kier alpha value is -0.570. The molecule has 1 rings (SSSR count). The van der Waals surface area contributed by atoms with Gasteiger partial charge in [0.2, 0.25) is 5.91 Å². The summed E-state index contributed by atoms with van der Waals surface area (Å²) >= 11 is 0. The first kappa shape index (κ1) is 17.4. The first-order chi connectivity index (χ1) is 8.59. The van der Waals surface area contributed by atoms with Crippen molar-refractivity contribution in [3.05, 3.63) is 0 Å². The maximum Gasteiger partial charge on any atom is 0.219 e. The highest BCUT2D eigenvalue weighted by molar-refractivity contribution is 5.73. The van der Waals surface area contributed by atoms with E-state index in [1.54, 1.807) is 6.92 Å². The van der Waals surface area contributed by atoms with Gasteiger partial charge in [-0.25, -0.2) is 0 Å². The molecule has 0 aromatic heterocycles. The van der Waals surface area contributed by atoms with Crippen LogP contribution < -0.4 is 0 Å². The Morgan fingerprint density at radius 2 is 1.61 bits per heavy atom. The van der Waals surface area contributed by atoms with Gasteiger partial charge in [-0.05, 0) is 18.9 Å². The van der Waals surface area contributed by atoms with Gasteiger partial charge < -0.3 is 4.90 Å². The lowest BCUT2D eigenvalue weighted by molar-refractivity contribution is -0.130. The van der Waals surface area contributed by atoms with E-state index >= 15 is 0 Å². The van der Waals surface area contributed by atoms with Gasteiger partial charge in [0.25, 0.3) is 0 Å².